The van der Waals surface area contributed by atoms with Crippen LogP contribution in [-0.4, -0.2) is 29.5 Å². The van der Waals surface area contributed by atoms with Gasteiger partial charge in [-0.2, -0.15) is 0 Å². The number of aromatic nitrogens is 2. The van der Waals surface area contributed by atoms with Gasteiger partial charge in [0.15, 0.2) is 7.05 Å². The Morgan fingerprint density at radius 1 is 1.40 bits per heavy atom. The maximum Gasteiger partial charge on any atom is 0.441 e. The second-order valence-electron chi connectivity index (χ2n) is 8.42. The number of carbonyl (C=O) groups is 2. The molecule has 2 aromatic heterocycles. The molecule has 8 nitrogen and oxygen atoms in total. The number of hydrogen-bond donors (Lipinski definition) is 2. The smallest absolute Gasteiger partial charge is 0.441 e. The third-order valence-electron chi connectivity index (χ3n) is 5.32. The monoisotopic (exact) mass is 454 g/mol. The second kappa shape index (κ2) is 8.97. The summed E-state index contributed by atoms with van der Waals surface area (Å²) in [6, 6.07) is 0. The molecule has 2 aromatic rings. The Morgan fingerprint density at radius 2 is 2.13 bits per heavy atom. The van der Waals surface area contributed by atoms with Gasteiger partial charge in [-0.3, -0.25) is 9.32 Å². The van der Waals surface area contributed by atoms with E-state index in [-0.39, 0.29) is 23.7 Å². The highest BCUT2D eigenvalue weighted by Gasteiger charge is 2.34. The molecule has 1 atom stereocenters. The van der Waals surface area contributed by atoms with Crippen molar-refractivity contribution in [3.05, 3.63) is 26.4 Å². The Bertz CT molecular complexity index is 999. The summed E-state index contributed by atoms with van der Waals surface area (Å²) in [4.78, 5) is 38.0. The molecule has 10 heteroatoms. The minimum Gasteiger partial charge on any atom is -0.462 e. The highest BCUT2D eigenvalue weighted by molar-refractivity contribution is 7.99. The zero-order valence-corrected chi connectivity index (χ0v) is 19.6. The number of thiophene rings is 1. The first kappa shape index (κ1) is 22.6. The number of fused-ring (bicyclic) bond motifs is 1. The van der Waals surface area contributed by atoms with Crippen LogP contribution in [0.15, 0.2) is 14.3 Å². The summed E-state index contributed by atoms with van der Waals surface area (Å²) in [5.74, 6) is -0.154. The van der Waals surface area contributed by atoms with E-state index in [2.05, 4.69) is 35.9 Å². The van der Waals surface area contributed by atoms with Crippen molar-refractivity contribution in [3.8, 4) is 0 Å². The Labute approximate surface area is 183 Å². The molecule has 0 saturated carbocycles. The average Bonchev–Trinajstić information content (AvgIpc) is 3.18. The van der Waals surface area contributed by atoms with Gasteiger partial charge in [0.2, 0.25) is 5.91 Å². The molecule has 0 fully saturated rings. The lowest BCUT2D eigenvalue weighted by molar-refractivity contribution is -0.772. The molecule has 0 spiro atoms. The summed E-state index contributed by atoms with van der Waals surface area (Å²) >= 11 is 2.53. The summed E-state index contributed by atoms with van der Waals surface area (Å²) in [6.45, 7) is 8.75. The maximum absolute atomic E-state index is 12.7. The number of carbonyl (C=O) groups excluding carboxylic acids is 2. The van der Waals surface area contributed by atoms with Crippen molar-refractivity contribution < 1.29 is 23.5 Å². The van der Waals surface area contributed by atoms with Gasteiger partial charge in [0, 0.05) is 4.88 Å². The number of hydrogen-bond acceptors (Lipinski definition) is 7. The van der Waals surface area contributed by atoms with E-state index in [9.17, 15) is 14.4 Å². The van der Waals surface area contributed by atoms with E-state index in [0.29, 0.717) is 21.5 Å². The Morgan fingerprint density at radius 3 is 2.73 bits per heavy atom. The lowest BCUT2D eigenvalue weighted by Gasteiger charge is -2.33. The third kappa shape index (κ3) is 4.80. The number of thioether (sulfide) groups is 1. The fourth-order valence-electron chi connectivity index (χ4n) is 3.62. The fraction of sp³-hybridized carbons (Fsp3) is 0.600. The van der Waals surface area contributed by atoms with Gasteiger partial charge in [-0.25, -0.2) is 9.59 Å². The molecule has 0 aliphatic heterocycles. The molecule has 2 heterocycles. The molecule has 0 aromatic carbocycles. The lowest BCUT2D eigenvalue weighted by Crippen LogP contribution is -2.34. The number of ether oxygens (including phenoxy) is 1. The number of nitrogens with zero attached hydrogens (tertiary/aromatic N) is 1. The van der Waals surface area contributed by atoms with Crippen molar-refractivity contribution in [1.29, 1.82) is 0 Å². The predicted molar refractivity (Wildman–Crippen MR) is 115 cm³/mol. The highest BCUT2D eigenvalue weighted by Crippen LogP contribution is 2.44. The van der Waals surface area contributed by atoms with Crippen LogP contribution in [0.4, 0.5) is 5.00 Å². The Balaban J connectivity index is 1.81. The van der Waals surface area contributed by atoms with E-state index in [1.807, 2.05) is 0 Å². The van der Waals surface area contributed by atoms with Crippen molar-refractivity contribution in [2.24, 2.45) is 18.4 Å². The standard InChI is InChI=1S/C20H27N3O5S2/c1-6-27-18(25)15-12-8-7-11(20(2,3)4)9-13(12)30-16(15)21-14(24)10-29-17-19(26)28-22-23(17)5/h11H,6-10H2,1-5H3,(H-,21,22,24,25,26)/p+1. The predicted octanol–water partition coefficient (Wildman–Crippen LogP) is 2.91. The fourth-order valence-corrected chi connectivity index (χ4v) is 5.68. The number of aromatic amines is 1. The van der Waals surface area contributed by atoms with Gasteiger partial charge in [-0.05, 0) is 60.1 Å². The molecule has 0 radical (unpaired) electrons. The summed E-state index contributed by atoms with van der Waals surface area (Å²) in [5, 5.41) is 6.11. The first-order chi connectivity index (χ1) is 14.1. The normalized spacial score (nSPS) is 16.2. The van der Waals surface area contributed by atoms with E-state index in [0.717, 1.165) is 41.5 Å². The molecule has 2 N–H and O–H groups in total. The minimum atomic E-state index is -0.526. The summed E-state index contributed by atoms with van der Waals surface area (Å²) < 4.78 is 11.4. The van der Waals surface area contributed by atoms with Crippen LogP contribution in [0.5, 0.6) is 0 Å². The van der Waals surface area contributed by atoms with E-state index in [4.69, 9.17) is 4.74 Å². The molecule has 164 valence electrons. The number of nitrogens with one attached hydrogen (secondary N) is 2. The quantitative estimate of drug-likeness (QED) is 0.395. The first-order valence-corrected chi connectivity index (χ1v) is 11.7. The summed E-state index contributed by atoms with van der Waals surface area (Å²) in [6.07, 6.45) is 2.69. The van der Waals surface area contributed by atoms with Gasteiger partial charge in [-0.15, -0.1) is 11.3 Å². The van der Waals surface area contributed by atoms with Crippen molar-refractivity contribution in [1.82, 2.24) is 5.27 Å². The van der Waals surface area contributed by atoms with E-state index >= 15 is 0 Å². The summed E-state index contributed by atoms with van der Waals surface area (Å²) in [7, 11) is 1.63. The van der Waals surface area contributed by atoms with Crippen molar-refractivity contribution in [2.45, 2.75) is 52.0 Å². The van der Waals surface area contributed by atoms with E-state index in [1.165, 1.54) is 16.0 Å². The van der Waals surface area contributed by atoms with Crippen LogP contribution in [-0.2, 0) is 29.4 Å². The number of esters is 1. The second-order valence-corrected chi connectivity index (χ2v) is 10.5. The van der Waals surface area contributed by atoms with E-state index in [1.54, 1.807) is 14.0 Å². The van der Waals surface area contributed by atoms with Crippen LogP contribution in [0, 0.1) is 11.3 Å². The number of H-pyrrole nitrogens is 1. The number of aryl methyl sites for hydroxylation is 1. The van der Waals surface area contributed by atoms with Crippen LogP contribution in [0.2, 0.25) is 0 Å². The van der Waals surface area contributed by atoms with Gasteiger partial charge in [0.25, 0.3) is 0 Å². The molecule has 0 bridgehead atoms. The molecule has 30 heavy (non-hydrogen) atoms. The molecule has 1 unspecified atom stereocenters. The van der Waals surface area contributed by atoms with Gasteiger partial charge < -0.3 is 10.1 Å². The van der Waals surface area contributed by atoms with Gasteiger partial charge in [-0.1, -0.05) is 25.5 Å². The van der Waals surface area contributed by atoms with Gasteiger partial charge in [0.1, 0.15) is 5.00 Å². The van der Waals surface area contributed by atoms with Crippen molar-refractivity contribution >= 4 is 40.0 Å². The number of anilines is 1. The SMILES string of the molecule is CCOC(=O)c1c(NC(=O)CSc2c(=O)o[nH][n+]2C)sc2c1CCC(C(C)(C)C)C2. The lowest BCUT2D eigenvalue weighted by atomic mass is 9.72. The van der Waals surface area contributed by atoms with Crippen LogP contribution in [0.3, 0.4) is 0 Å². The van der Waals surface area contributed by atoms with Crippen molar-refractivity contribution in [2.75, 3.05) is 17.7 Å². The molecule has 1 aliphatic rings. The van der Waals surface area contributed by atoms with E-state index < -0.39 is 11.6 Å². The number of rotatable bonds is 6. The van der Waals surface area contributed by atoms with Crippen LogP contribution < -0.4 is 15.6 Å². The number of amides is 1. The molecule has 1 aliphatic carbocycles. The van der Waals surface area contributed by atoms with Gasteiger partial charge >= 0.3 is 16.6 Å². The zero-order chi connectivity index (χ0) is 22.1. The van der Waals surface area contributed by atoms with Crippen molar-refractivity contribution in [3.63, 3.8) is 0 Å². The Hall–Kier alpha value is -2.07. The topological polar surface area (TPSA) is 105 Å². The average molecular weight is 455 g/mol. The summed E-state index contributed by atoms with van der Waals surface area (Å²) in [5.41, 5.74) is 1.13. The van der Waals surface area contributed by atoms with Crippen LogP contribution in [0.1, 0.15) is 54.9 Å². The third-order valence-corrected chi connectivity index (χ3v) is 7.61. The molecule has 0 saturated heterocycles. The maximum atomic E-state index is 12.7. The first-order valence-electron chi connectivity index (χ1n) is 9.93. The Kier molecular flexibility index (Phi) is 6.76. The van der Waals surface area contributed by atoms with Crippen LogP contribution >= 0.6 is 23.1 Å². The molecular weight excluding hydrogens is 426 g/mol. The van der Waals surface area contributed by atoms with Crippen LogP contribution in [0.25, 0.3) is 0 Å². The zero-order valence-electron chi connectivity index (χ0n) is 17.9. The molecule has 3 rings (SSSR count). The molecule has 1 amide bonds. The largest absolute Gasteiger partial charge is 0.462 e. The minimum absolute atomic E-state index is 0.0197. The molecular formula is C20H28N3O5S2+. The highest BCUT2D eigenvalue weighted by atomic mass is 32.2. The van der Waals surface area contributed by atoms with Gasteiger partial charge in [0.05, 0.1) is 17.9 Å².